The summed E-state index contributed by atoms with van der Waals surface area (Å²) in [6, 6.07) is 14.4. The Labute approximate surface area is 179 Å². The average molecular weight is 413 g/mol. The van der Waals surface area contributed by atoms with Gasteiger partial charge in [-0.05, 0) is 23.8 Å². The number of nitrogens with zero attached hydrogens (tertiary/aromatic N) is 3. The molecule has 2 aromatic carbocycles. The zero-order chi connectivity index (χ0) is 21.3. The normalized spacial score (nSPS) is 14.4. The zero-order valence-corrected chi connectivity index (χ0v) is 18.4. The van der Waals surface area contributed by atoms with Gasteiger partial charge >= 0.3 is 0 Å². The molecule has 7 nitrogen and oxygen atoms in total. The summed E-state index contributed by atoms with van der Waals surface area (Å²) in [7, 11) is 7.15. The Balaban J connectivity index is 1.66. The maximum atomic E-state index is 5.53. The van der Waals surface area contributed by atoms with Gasteiger partial charge in [-0.3, -0.25) is 4.99 Å². The molecule has 0 atom stereocenters. The van der Waals surface area contributed by atoms with Crippen LogP contribution >= 0.6 is 0 Å². The summed E-state index contributed by atoms with van der Waals surface area (Å²) in [5.41, 5.74) is 3.57. The number of nitrogens with one attached hydrogen (secondary N) is 1. The Bertz CT molecular complexity index is 850. The predicted octanol–water partition coefficient (Wildman–Crippen LogP) is 2.75. The number of morpholine rings is 1. The van der Waals surface area contributed by atoms with Crippen molar-refractivity contribution in [3.05, 3.63) is 53.6 Å². The molecule has 2 aromatic rings. The first-order valence-corrected chi connectivity index (χ1v) is 10.2. The molecule has 7 heteroatoms. The van der Waals surface area contributed by atoms with Crippen molar-refractivity contribution in [2.75, 3.05) is 59.5 Å². The van der Waals surface area contributed by atoms with E-state index in [1.165, 1.54) is 11.3 Å². The van der Waals surface area contributed by atoms with E-state index in [1.54, 1.807) is 21.3 Å². The molecule has 1 aliphatic rings. The third kappa shape index (κ3) is 5.36. The zero-order valence-electron chi connectivity index (χ0n) is 18.4. The molecule has 30 heavy (non-hydrogen) atoms. The Kier molecular flexibility index (Phi) is 7.79. The van der Waals surface area contributed by atoms with Gasteiger partial charge in [-0.2, -0.15) is 0 Å². The maximum absolute atomic E-state index is 5.53. The van der Waals surface area contributed by atoms with Crippen LogP contribution in [0.25, 0.3) is 0 Å². The molecule has 0 aromatic heterocycles. The van der Waals surface area contributed by atoms with E-state index in [2.05, 4.69) is 44.4 Å². The fraction of sp³-hybridized carbons (Fsp3) is 0.435. The molecule has 0 spiro atoms. The Hall–Kier alpha value is -2.93. The number of hydrogen-bond donors (Lipinski definition) is 1. The van der Waals surface area contributed by atoms with Crippen LogP contribution in [0.15, 0.2) is 47.5 Å². The van der Waals surface area contributed by atoms with Crippen molar-refractivity contribution in [2.45, 2.75) is 13.1 Å². The first kappa shape index (κ1) is 21.8. The van der Waals surface area contributed by atoms with Crippen LogP contribution in [0.5, 0.6) is 11.5 Å². The monoisotopic (exact) mass is 412 g/mol. The number of para-hydroxylation sites is 1. The van der Waals surface area contributed by atoms with Gasteiger partial charge in [0.25, 0.3) is 0 Å². The summed E-state index contributed by atoms with van der Waals surface area (Å²) >= 11 is 0. The quantitative estimate of drug-likeness (QED) is 0.558. The van der Waals surface area contributed by atoms with E-state index in [-0.39, 0.29) is 0 Å². The summed E-state index contributed by atoms with van der Waals surface area (Å²) < 4.78 is 16.3. The third-order valence-electron chi connectivity index (χ3n) is 5.26. The lowest BCUT2D eigenvalue weighted by atomic mass is 10.1. The lowest BCUT2D eigenvalue weighted by Gasteiger charge is -2.31. The van der Waals surface area contributed by atoms with E-state index >= 15 is 0 Å². The lowest BCUT2D eigenvalue weighted by molar-refractivity contribution is 0.122. The number of rotatable bonds is 7. The average Bonchev–Trinajstić information content (AvgIpc) is 2.80. The van der Waals surface area contributed by atoms with E-state index in [0.717, 1.165) is 49.3 Å². The van der Waals surface area contributed by atoms with E-state index in [0.29, 0.717) is 13.1 Å². The van der Waals surface area contributed by atoms with Crippen LogP contribution < -0.4 is 19.7 Å². The van der Waals surface area contributed by atoms with Crippen molar-refractivity contribution in [1.82, 2.24) is 10.2 Å². The van der Waals surface area contributed by atoms with Crippen molar-refractivity contribution in [3.8, 4) is 11.5 Å². The van der Waals surface area contributed by atoms with Gasteiger partial charge in [-0.1, -0.05) is 18.2 Å². The van der Waals surface area contributed by atoms with E-state index in [1.807, 2.05) is 25.2 Å². The second kappa shape index (κ2) is 10.7. The molecule has 0 unspecified atom stereocenters. The topological polar surface area (TPSA) is 58.6 Å². The van der Waals surface area contributed by atoms with Crippen molar-refractivity contribution in [1.29, 1.82) is 0 Å². The SMILES string of the molecule is CN=C(NCc1ccccc1N1CCOCC1)N(C)Cc1ccc(OC)cc1OC. The number of benzene rings is 2. The maximum Gasteiger partial charge on any atom is 0.193 e. The fourth-order valence-electron chi connectivity index (χ4n) is 3.64. The van der Waals surface area contributed by atoms with Crippen LogP contribution in [0.3, 0.4) is 0 Å². The molecule has 1 N–H and O–H groups in total. The summed E-state index contributed by atoms with van der Waals surface area (Å²) in [6.45, 7) is 4.75. The number of guanidine groups is 1. The molecule has 3 rings (SSSR count). The molecule has 1 aliphatic heterocycles. The molecule has 162 valence electrons. The van der Waals surface area contributed by atoms with Crippen LogP contribution in [-0.4, -0.2) is 65.5 Å². The van der Waals surface area contributed by atoms with Crippen molar-refractivity contribution in [2.24, 2.45) is 4.99 Å². The van der Waals surface area contributed by atoms with Crippen LogP contribution in [0.1, 0.15) is 11.1 Å². The van der Waals surface area contributed by atoms with Gasteiger partial charge in [0.15, 0.2) is 5.96 Å². The van der Waals surface area contributed by atoms with Gasteiger partial charge in [0.1, 0.15) is 11.5 Å². The Morgan fingerprint density at radius 2 is 1.87 bits per heavy atom. The smallest absolute Gasteiger partial charge is 0.193 e. The minimum Gasteiger partial charge on any atom is -0.497 e. The van der Waals surface area contributed by atoms with Gasteiger partial charge in [0.2, 0.25) is 0 Å². The molecular formula is C23H32N4O3. The minimum absolute atomic E-state index is 0.665. The van der Waals surface area contributed by atoms with E-state index < -0.39 is 0 Å². The van der Waals surface area contributed by atoms with Gasteiger partial charge in [0, 0.05) is 57.6 Å². The highest BCUT2D eigenvalue weighted by Gasteiger charge is 2.16. The van der Waals surface area contributed by atoms with Gasteiger partial charge in [-0.25, -0.2) is 0 Å². The molecule has 1 saturated heterocycles. The van der Waals surface area contributed by atoms with Crippen molar-refractivity contribution < 1.29 is 14.2 Å². The van der Waals surface area contributed by atoms with Crippen molar-refractivity contribution >= 4 is 11.6 Å². The number of hydrogen-bond acceptors (Lipinski definition) is 5. The van der Waals surface area contributed by atoms with E-state index in [9.17, 15) is 0 Å². The molecule has 0 aliphatic carbocycles. The largest absolute Gasteiger partial charge is 0.497 e. The van der Waals surface area contributed by atoms with Crippen LogP contribution in [-0.2, 0) is 17.8 Å². The minimum atomic E-state index is 0.665. The molecular weight excluding hydrogens is 380 g/mol. The number of ether oxygens (including phenoxy) is 3. The first-order chi connectivity index (χ1) is 14.7. The van der Waals surface area contributed by atoms with Crippen LogP contribution in [0.4, 0.5) is 5.69 Å². The first-order valence-electron chi connectivity index (χ1n) is 10.2. The van der Waals surface area contributed by atoms with Gasteiger partial charge in [-0.15, -0.1) is 0 Å². The molecule has 0 saturated carbocycles. The summed E-state index contributed by atoms with van der Waals surface area (Å²) in [5, 5.41) is 3.50. The second-order valence-corrected chi connectivity index (χ2v) is 7.16. The van der Waals surface area contributed by atoms with Gasteiger partial charge < -0.3 is 29.3 Å². The summed E-state index contributed by atoms with van der Waals surface area (Å²) in [4.78, 5) is 8.93. The van der Waals surface area contributed by atoms with Crippen LogP contribution in [0, 0.1) is 0 Å². The van der Waals surface area contributed by atoms with Crippen molar-refractivity contribution in [3.63, 3.8) is 0 Å². The lowest BCUT2D eigenvalue weighted by Crippen LogP contribution is -2.39. The summed E-state index contributed by atoms with van der Waals surface area (Å²) in [5.74, 6) is 2.40. The molecule has 1 heterocycles. The van der Waals surface area contributed by atoms with Gasteiger partial charge in [0.05, 0.1) is 27.4 Å². The molecule has 0 bridgehead atoms. The van der Waals surface area contributed by atoms with Crippen LogP contribution in [0.2, 0.25) is 0 Å². The Morgan fingerprint density at radius 1 is 1.10 bits per heavy atom. The Morgan fingerprint density at radius 3 is 2.57 bits per heavy atom. The highest BCUT2D eigenvalue weighted by Crippen LogP contribution is 2.26. The second-order valence-electron chi connectivity index (χ2n) is 7.16. The highest BCUT2D eigenvalue weighted by molar-refractivity contribution is 5.80. The fourth-order valence-corrected chi connectivity index (χ4v) is 3.64. The standard InChI is InChI=1S/C23H32N4O3/c1-24-23(26(2)17-19-9-10-20(28-3)15-22(19)29-4)25-16-18-7-5-6-8-21(18)27-11-13-30-14-12-27/h5-10,15H,11-14,16-17H2,1-4H3,(H,24,25). The third-order valence-corrected chi connectivity index (χ3v) is 5.26. The highest BCUT2D eigenvalue weighted by atomic mass is 16.5. The summed E-state index contributed by atoms with van der Waals surface area (Å²) in [6.07, 6.45) is 0. The molecule has 1 fully saturated rings. The molecule has 0 amide bonds. The van der Waals surface area contributed by atoms with E-state index in [4.69, 9.17) is 14.2 Å². The predicted molar refractivity (Wildman–Crippen MR) is 121 cm³/mol. The number of anilines is 1. The number of aliphatic imine (C=N–C) groups is 1. The molecule has 0 radical (unpaired) electrons. The number of methoxy groups -OCH3 is 2.